The van der Waals surface area contributed by atoms with E-state index in [1.54, 1.807) is 0 Å². The maximum absolute atomic E-state index is 12.2. The second-order valence-corrected chi connectivity index (χ2v) is 6.13. The third-order valence-electron chi connectivity index (χ3n) is 4.45. The van der Waals surface area contributed by atoms with Gasteiger partial charge in [-0.2, -0.15) is 4.98 Å². The maximum Gasteiger partial charge on any atom is 0.351 e. The summed E-state index contributed by atoms with van der Waals surface area (Å²) in [5, 5.41) is 60.1. The molecule has 0 aromatic carbocycles. The summed E-state index contributed by atoms with van der Waals surface area (Å²) in [4.78, 5) is 15.9. The van der Waals surface area contributed by atoms with Gasteiger partial charge >= 0.3 is 5.69 Å². The molecule has 1 aromatic rings. The topological polar surface area (TPSA) is 187 Å². The quantitative estimate of drug-likeness (QED) is 0.264. The van der Waals surface area contributed by atoms with Crippen LogP contribution in [0, 0.1) is 0 Å². The molecule has 0 radical (unpaired) electrons. The van der Waals surface area contributed by atoms with Crippen molar-refractivity contribution in [3.8, 4) is 0 Å². The number of hydrogen-bond acceptors (Lipinski definition) is 11. The summed E-state index contributed by atoms with van der Waals surface area (Å²) in [5.41, 5.74) is -0.823. The molecule has 2 aliphatic heterocycles. The zero-order valence-corrected chi connectivity index (χ0v) is 13.5. The highest BCUT2D eigenvalue weighted by Crippen LogP contribution is 2.28. The van der Waals surface area contributed by atoms with Crippen molar-refractivity contribution in [2.24, 2.45) is 0 Å². The predicted molar refractivity (Wildman–Crippen MR) is 82.9 cm³/mol. The van der Waals surface area contributed by atoms with E-state index in [4.69, 9.17) is 19.7 Å². The van der Waals surface area contributed by atoms with Crippen molar-refractivity contribution >= 4 is 5.82 Å². The average molecular weight is 375 g/mol. The van der Waals surface area contributed by atoms with Gasteiger partial charge < -0.3 is 45.4 Å². The highest BCUT2D eigenvalue weighted by molar-refractivity contribution is 5.33. The molecule has 0 aliphatic carbocycles. The summed E-state index contributed by atoms with van der Waals surface area (Å²) in [6, 6.07) is 1.34. The van der Waals surface area contributed by atoms with E-state index in [-0.39, 0.29) is 5.82 Å². The largest absolute Gasteiger partial charge is 0.394 e. The van der Waals surface area contributed by atoms with Gasteiger partial charge in [0, 0.05) is 6.20 Å². The van der Waals surface area contributed by atoms with Crippen LogP contribution in [-0.4, -0.2) is 96.3 Å². The smallest absolute Gasteiger partial charge is 0.351 e. The van der Waals surface area contributed by atoms with Crippen molar-refractivity contribution in [3.05, 3.63) is 22.7 Å². The Morgan fingerprint density at radius 2 is 1.62 bits per heavy atom. The monoisotopic (exact) mass is 375 g/mol. The Hall–Kier alpha value is -1.64. The van der Waals surface area contributed by atoms with Crippen molar-refractivity contribution in [3.63, 3.8) is 0 Å². The van der Waals surface area contributed by atoms with Gasteiger partial charge in [-0.3, -0.25) is 4.57 Å². The molecule has 2 saturated heterocycles. The summed E-state index contributed by atoms with van der Waals surface area (Å²) < 4.78 is 11.4. The van der Waals surface area contributed by atoms with Gasteiger partial charge in [-0.05, 0) is 6.07 Å². The molecule has 12 heteroatoms. The molecule has 3 heterocycles. The molecule has 26 heavy (non-hydrogen) atoms. The second kappa shape index (κ2) is 7.54. The van der Waals surface area contributed by atoms with Crippen LogP contribution in [0.3, 0.4) is 0 Å². The number of nitrogens with one attached hydrogen (secondary N) is 1. The van der Waals surface area contributed by atoms with Crippen molar-refractivity contribution in [2.45, 2.75) is 49.1 Å². The molecule has 2 fully saturated rings. The van der Waals surface area contributed by atoms with Crippen LogP contribution in [0.1, 0.15) is 6.23 Å². The Balaban J connectivity index is 1.74. The standard InChI is InChI=1S/C14H21N3O9/c18-3-5-8(20)10(22)12(25-5)15-7-1-2-17(14(24)16-7)13-11(23)9(21)6(4-19)26-13/h1-2,5-6,8-13,18-23H,3-4H2,(H,15,16,24)/t5-,6-,8-,9-,10-,11-,12?,13-/m1/s1. The second-order valence-electron chi connectivity index (χ2n) is 6.13. The Morgan fingerprint density at radius 3 is 2.15 bits per heavy atom. The Bertz CT molecular complexity index is 686. The first-order chi connectivity index (χ1) is 12.4. The zero-order valence-electron chi connectivity index (χ0n) is 13.5. The van der Waals surface area contributed by atoms with Crippen molar-refractivity contribution in [1.29, 1.82) is 0 Å². The lowest BCUT2D eigenvalue weighted by atomic mass is 10.1. The lowest BCUT2D eigenvalue weighted by molar-refractivity contribution is -0.0549. The molecule has 7 N–H and O–H groups in total. The van der Waals surface area contributed by atoms with Gasteiger partial charge in [-0.1, -0.05) is 0 Å². The van der Waals surface area contributed by atoms with Gasteiger partial charge in [0.1, 0.15) is 42.4 Å². The molecule has 146 valence electrons. The Labute approximate surface area is 146 Å². The van der Waals surface area contributed by atoms with E-state index in [0.29, 0.717) is 0 Å². The van der Waals surface area contributed by atoms with Gasteiger partial charge in [0.25, 0.3) is 0 Å². The first-order valence-corrected chi connectivity index (χ1v) is 7.98. The fourth-order valence-corrected chi connectivity index (χ4v) is 2.96. The zero-order chi connectivity index (χ0) is 19.0. The van der Waals surface area contributed by atoms with Crippen molar-refractivity contribution in [1.82, 2.24) is 9.55 Å². The van der Waals surface area contributed by atoms with E-state index < -0.39 is 68.0 Å². The molecular formula is C14H21N3O9. The van der Waals surface area contributed by atoms with Crippen LogP contribution in [-0.2, 0) is 9.47 Å². The molecular weight excluding hydrogens is 354 g/mol. The highest BCUT2D eigenvalue weighted by atomic mass is 16.6. The number of nitrogens with zero attached hydrogens (tertiary/aromatic N) is 2. The molecule has 2 aliphatic rings. The van der Waals surface area contributed by atoms with E-state index in [9.17, 15) is 25.2 Å². The molecule has 0 bridgehead atoms. The number of aliphatic hydroxyl groups excluding tert-OH is 6. The van der Waals surface area contributed by atoms with Gasteiger partial charge in [0.2, 0.25) is 0 Å². The summed E-state index contributed by atoms with van der Waals surface area (Å²) >= 11 is 0. The fourth-order valence-electron chi connectivity index (χ4n) is 2.96. The van der Waals surface area contributed by atoms with E-state index in [0.717, 1.165) is 4.57 Å². The first-order valence-electron chi connectivity index (χ1n) is 7.98. The lowest BCUT2D eigenvalue weighted by Gasteiger charge is -2.19. The van der Waals surface area contributed by atoms with E-state index >= 15 is 0 Å². The predicted octanol–water partition coefficient (Wildman–Crippen LogP) is -4.29. The number of anilines is 1. The normalized spacial score (nSPS) is 40.1. The van der Waals surface area contributed by atoms with Gasteiger partial charge in [0.15, 0.2) is 12.5 Å². The minimum atomic E-state index is -1.43. The SMILES string of the molecule is O=c1nc(NC2O[C@H](CO)[C@@H](O)[C@H]2O)ccn1[C@@H]1O[C@H](CO)[C@@H](O)[C@H]1O. The van der Waals surface area contributed by atoms with Crippen LogP contribution in [0.4, 0.5) is 5.82 Å². The molecule has 0 amide bonds. The third kappa shape index (κ3) is 3.33. The summed E-state index contributed by atoms with van der Waals surface area (Å²) in [6.07, 6.45) is -8.46. The van der Waals surface area contributed by atoms with E-state index in [1.165, 1.54) is 12.3 Å². The van der Waals surface area contributed by atoms with Crippen LogP contribution in [0.5, 0.6) is 0 Å². The van der Waals surface area contributed by atoms with Crippen LogP contribution < -0.4 is 11.0 Å². The molecule has 3 rings (SSSR count). The summed E-state index contributed by atoms with van der Waals surface area (Å²) in [7, 11) is 0. The van der Waals surface area contributed by atoms with Crippen LogP contribution >= 0.6 is 0 Å². The van der Waals surface area contributed by atoms with Crippen molar-refractivity contribution < 1.29 is 40.1 Å². The van der Waals surface area contributed by atoms with Crippen LogP contribution in [0.25, 0.3) is 0 Å². The summed E-state index contributed by atoms with van der Waals surface area (Å²) in [5.74, 6) is 0.0211. The number of ether oxygens (including phenoxy) is 2. The molecule has 1 aromatic heterocycles. The summed E-state index contributed by atoms with van der Waals surface area (Å²) in [6.45, 7) is -1.02. The molecule has 0 saturated carbocycles. The fraction of sp³-hybridized carbons (Fsp3) is 0.714. The van der Waals surface area contributed by atoms with Gasteiger partial charge in [0.05, 0.1) is 13.2 Å². The van der Waals surface area contributed by atoms with E-state index in [1.807, 2.05) is 0 Å². The average Bonchev–Trinajstić information content (AvgIpc) is 3.06. The van der Waals surface area contributed by atoms with Crippen molar-refractivity contribution in [2.75, 3.05) is 18.5 Å². The highest BCUT2D eigenvalue weighted by Gasteiger charge is 2.44. The number of hydrogen-bond donors (Lipinski definition) is 7. The number of aromatic nitrogens is 2. The Morgan fingerprint density at radius 1 is 1.00 bits per heavy atom. The molecule has 8 atom stereocenters. The van der Waals surface area contributed by atoms with Gasteiger partial charge in [-0.15, -0.1) is 0 Å². The first kappa shape index (κ1) is 19.1. The number of rotatable bonds is 5. The van der Waals surface area contributed by atoms with Crippen LogP contribution in [0.15, 0.2) is 17.1 Å². The van der Waals surface area contributed by atoms with Crippen LogP contribution in [0.2, 0.25) is 0 Å². The molecule has 12 nitrogen and oxygen atoms in total. The minimum absolute atomic E-state index is 0.0211. The maximum atomic E-state index is 12.2. The molecule has 1 unspecified atom stereocenters. The third-order valence-corrected chi connectivity index (χ3v) is 4.45. The lowest BCUT2D eigenvalue weighted by Crippen LogP contribution is -2.38. The molecule has 0 spiro atoms. The Kier molecular flexibility index (Phi) is 5.55. The minimum Gasteiger partial charge on any atom is -0.394 e. The number of aliphatic hydroxyl groups is 6. The van der Waals surface area contributed by atoms with Gasteiger partial charge in [-0.25, -0.2) is 4.79 Å². The van der Waals surface area contributed by atoms with E-state index in [2.05, 4.69) is 10.3 Å².